The highest BCUT2D eigenvalue weighted by Gasteiger charge is 2.04. The largest absolute Gasteiger partial charge is 0.347 e. The lowest BCUT2D eigenvalue weighted by Gasteiger charge is -1.99. The van der Waals surface area contributed by atoms with Crippen molar-refractivity contribution >= 4 is 23.8 Å². The third-order valence-electron chi connectivity index (χ3n) is 2.03. The monoisotopic (exact) mass is 241 g/mol. The van der Waals surface area contributed by atoms with E-state index >= 15 is 0 Å². The average molecular weight is 242 g/mol. The first-order chi connectivity index (χ1) is 7.09. The number of halogens is 1. The Morgan fingerprint density at radius 3 is 2.40 bits per heavy atom. The van der Waals surface area contributed by atoms with Crippen molar-refractivity contribution in [1.82, 2.24) is 14.3 Å². The van der Waals surface area contributed by atoms with Gasteiger partial charge in [0.05, 0.1) is 5.69 Å². The fourth-order valence-electron chi connectivity index (χ4n) is 1.30. The first-order valence-electron chi connectivity index (χ1n) is 4.23. The van der Waals surface area contributed by atoms with Gasteiger partial charge in [-0.05, 0) is 36.5 Å². The van der Waals surface area contributed by atoms with Gasteiger partial charge in [-0.15, -0.1) is 0 Å². The topological polar surface area (TPSA) is 42.7 Å². The van der Waals surface area contributed by atoms with Gasteiger partial charge in [-0.25, -0.2) is 14.5 Å². The summed E-state index contributed by atoms with van der Waals surface area (Å²) in [5.74, 6) is 0. The molecule has 1 aromatic heterocycles. The summed E-state index contributed by atoms with van der Waals surface area (Å²) in [7, 11) is 1.69. The van der Waals surface area contributed by atoms with Crippen molar-refractivity contribution in [2.45, 2.75) is 0 Å². The van der Waals surface area contributed by atoms with E-state index in [0.717, 1.165) is 0 Å². The number of benzene rings is 1. The summed E-state index contributed by atoms with van der Waals surface area (Å²) in [5.41, 5.74) is 0.441. The van der Waals surface area contributed by atoms with Crippen molar-refractivity contribution < 1.29 is 0 Å². The molecule has 0 saturated carbocycles. The van der Waals surface area contributed by atoms with E-state index in [2.05, 4.69) is 5.10 Å². The maximum atomic E-state index is 11.5. The first-order valence-corrected chi connectivity index (χ1v) is 5.02. The maximum absolute atomic E-state index is 11.5. The van der Waals surface area contributed by atoms with Crippen LogP contribution in [0.3, 0.4) is 0 Å². The number of nitrogens with zero attached hydrogens (tertiary/aromatic N) is 2. The normalized spacial score (nSPS) is 10.5. The number of H-pyrrole nitrogens is 1. The Kier molecular flexibility index (Phi) is 2.50. The van der Waals surface area contributed by atoms with Gasteiger partial charge in [0, 0.05) is 12.1 Å². The third-order valence-corrected chi connectivity index (χ3v) is 2.74. The molecule has 0 atom stereocenters. The van der Waals surface area contributed by atoms with Gasteiger partial charge in [0.25, 0.3) is 0 Å². The van der Waals surface area contributed by atoms with Crippen molar-refractivity contribution in [2.75, 3.05) is 0 Å². The zero-order valence-corrected chi connectivity index (χ0v) is 9.47. The van der Waals surface area contributed by atoms with Gasteiger partial charge < -0.3 is 0 Å². The second-order valence-corrected chi connectivity index (χ2v) is 3.87. The SMILES string of the molecule is Cn1[nH]c(=O)n(-c2ccc(Cl)cc2)c1=S. The van der Waals surface area contributed by atoms with Crippen LogP contribution in [-0.4, -0.2) is 14.3 Å². The molecule has 6 heteroatoms. The van der Waals surface area contributed by atoms with Crippen LogP contribution in [0.5, 0.6) is 0 Å². The molecule has 2 rings (SSSR count). The van der Waals surface area contributed by atoms with E-state index in [1.165, 1.54) is 9.25 Å². The molecule has 2 aromatic rings. The molecule has 0 aliphatic carbocycles. The second kappa shape index (κ2) is 3.67. The molecule has 0 bridgehead atoms. The summed E-state index contributed by atoms with van der Waals surface area (Å²) in [4.78, 5) is 11.5. The lowest BCUT2D eigenvalue weighted by molar-refractivity contribution is 0.743. The molecule has 0 radical (unpaired) electrons. The predicted molar refractivity (Wildman–Crippen MR) is 61.2 cm³/mol. The molecule has 1 heterocycles. The number of hydrogen-bond donors (Lipinski definition) is 1. The van der Waals surface area contributed by atoms with Crippen LogP contribution in [-0.2, 0) is 7.05 Å². The van der Waals surface area contributed by atoms with E-state index in [-0.39, 0.29) is 5.69 Å². The summed E-state index contributed by atoms with van der Waals surface area (Å²) >= 11 is 10.8. The van der Waals surface area contributed by atoms with E-state index in [1.54, 1.807) is 31.3 Å². The van der Waals surface area contributed by atoms with E-state index < -0.39 is 0 Å². The zero-order valence-electron chi connectivity index (χ0n) is 7.90. The maximum Gasteiger partial charge on any atom is 0.347 e. The summed E-state index contributed by atoms with van der Waals surface area (Å²) in [6.07, 6.45) is 0. The van der Waals surface area contributed by atoms with Crippen LogP contribution in [0.15, 0.2) is 29.1 Å². The minimum Gasteiger partial charge on any atom is -0.262 e. The Morgan fingerprint density at radius 1 is 1.33 bits per heavy atom. The third kappa shape index (κ3) is 1.75. The van der Waals surface area contributed by atoms with Crippen molar-refractivity contribution in [3.63, 3.8) is 0 Å². The molecule has 0 amide bonds. The molecule has 0 saturated heterocycles. The molecule has 1 N–H and O–H groups in total. The highest BCUT2D eigenvalue weighted by atomic mass is 35.5. The molecule has 0 aliphatic rings. The Hall–Kier alpha value is -1.33. The number of aromatic amines is 1. The van der Waals surface area contributed by atoms with Crippen LogP contribution >= 0.6 is 23.8 Å². The zero-order chi connectivity index (χ0) is 11.0. The van der Waals surface area contributed by atoms with Crippen molar-refractivity contribution in [1.29, 1.82) is 0 Å². The van der Waals surface area contributed by atoms with Crippen LogP contribution in [0, 0.1) is 4.77 Å². The fourth-order valence-corrected chi connectivity index (χ4v) is 1.66. The molecular formula is C9H8ClN3OS. The van der Waals surface area contributed by atoms with Gasteiger partial charge in [0.1, 0.15) is 0 Å². The molecule has 0 spiro atoms. The van der Waals surface area contributed by atoms with E-state index in [4.69, 9.17) is 23.8 Å². The number of nitrogens with one attached hydrogen (secondary N) is 1. The van der Waals surface area contributed by atoms with Crippen molar-refractivity contribution in [3.8, 4) is 5.69 Å². The highest BCUT2D eigenvalue weighted by molar-refractivity contribution is 7.71. The molecule has 0 fully saturated rings. The van der Waals surface area contributed by atoms with E-state index in [9.17, 15) is 4.79 Å². The molecule has 4 nitrogen and oxygen atoms in total. The quantitative estimate of drug-likeness (QED) is 0.775. The van der Waals surface area contributed by atoms with Gasteiger partial charge in [-0.3, -0.25) is 4.68 Å². The lowest BCUT2D eigenvalue weighted by Crippen LogP contribution is -2.14. The molecule has 1 aromatic carbocycles. The minimum absolute atomic E-state index is 0.259. The van der Waals surface area contributed by atoms with Crippen molar-refractivity contribution in [2.24, 2.45) is 7.05 Å². The first kappa shape index (κ1) is 10.2. The summed E-state index contributed by atoms with van der Waals surface area (Å²) in [5, 5.41) is 3.20. The van der Waals surface area contributed by atoms with E-state index in [1.807, 2.05) is 0 Å². The van der Waals surface area contributed by atoms with Crippen LogP contribution in [0.2, 0.25) is 5.02 Å². The summed E-state index contributed by atoms with van der Waals surface area (Å²) < 4.78 is 3.32. The van der Waals surface area contributed by atoms with Gasteiger partial charge in [0.15, 0.2) is 0 Å². The minimum atomic E-state index is -0.259. The predicted octanol–water partition coefficient (Wildman–Crippen LogP) is 1.89. The average Bonchev–Trinajstić information content (AvgIpc) is 2.44. The Labute approximate surface area is 95.7 Å². The lowest BCUT2D eigenvalue weighted by atomic mass is 10.3. The molecule has 0 unspecified atom stereocenters. The van der Waals surface area contributed by atoms with Gasteiger partial charge in [-0.1, -0.05) is 11.6 Å². The fraction of sp³-hybridized carbons (Fsp3) is 0.111. The van der Waals surface area contributed by atoms with Crippen molar-refractivity contribution in [3.05, 3.63) is 44.5 Å². The van der Waals surface area contributed by atoms with Crippen LogP contribution in [0.1, 0.15) is 0 Å². The summed E-state index contributed by atoms with van der Waals surface area (Å²) in [6.45, 7) is 0. The molecular weight excluding hydrogens is 234 g/mol. The highest BCUT2D eigenvalue weighted by Crippen LogP contribution is 2.12. The number of hydrogen-bond acceptors (Lipinski definition) is 2. The van der Waals surface area contributed by atoms with E-state index in [0.29, 0.717) is 15.5 Å². The molecule has 15 heavy (non-hydrogen) atoms. The van der Waals surface area contributed by atoms with Gasteiger partial charge in [0.2, 0.25) is 4.77 Å². The Bertz CT molecular complexity index is 593. The van der Waals surface area contributed by atoms with Crippen LogP contribution in [0.4, 0.5) is 0 Å². The number of rotatable bonds is 1. The van der Waals surface area contributed by atoms with Gasteiger partial charge in [-0.2, -0.15) is 0 Å². The molecule has 0 aliphatic heterocycles. The Morgan fingerprint density at radius 2 is 1.93 bits per heavy atom. The molecule has 78 valence electrons. The summed E-state index contributed by atoms with van der Waals surface area (Å²) in [6, 6.07) is 6.91. The Balaban J connectivity index is 2.69. The number of aromatic nitrogens is 3. The smallest absolute Gasteiger partial charge is 0.262 e. The van der Waals surface area contributed by atoms with Crippen LogP contribution in [0.25, 0.3) is 5.69 Å². The second-order valence-electron chi connectivity index (χ2n) is 3.07. The van der Waals surface area contributed by atoms with Gasteiger partial charge >= 0.3 is 5.69 Å². The number of aryl methyl sites for hydroxylation is 1. The standard InChI is InChI=1S/C9H8ClN3OS/c1-12-9(15)13(8(14)11-12)7-4-2-6(10)3-5-7/h2-5H,1H3,(H,11,14). The van der Waals surface area contributed by atoms with Crippen LogP contribution < -0.4 is 5.69 Å².